The fraction of sp³-hybridized carbons (Fsp3) is 0.733. The van der Waals surface area contributed by atoms with E-state index in [4.69, 9.17) is 0 Å². The molecule has 1 aliphatic heterocycles. The van der Waals surface area contributed by atoms with Gasteiger partial charge in [-0.15, -0.1) is 11.3 Å². The first kappa shape index (κ1) is 15.5. The van der Waals surface area contributed by atoms with Crippen LogP contribution in [0.3, 0.4) is 0 Å². The van der Waals surface area contributed by atoms with Crippen molar-refractivity contribution < 1.29 is 8.42 Å². The van der Waals surface area contributed by atoms with Crippen LogP contribution in [-0.2, 0) is 16.6 Å². The van der Waals surface area contributed by atoms with Gasteiger partial charge >= 0.3 is 0 Å². The average molecular weight is 329 g/mol. The summed E-state index contributed by atoms with van der Waals surface area (Å²) in [6, 6.07) is 2.50. The predicted molar refractivity (Wildman–Crippen MR) is 86.0 cm³/mol. The van der Waals surface area contributed by atoms with E-state index < -0.39 is 10.0 Å². The molecular formula is C15H24N2O2S2. The van der Waals surface area contributed by atoms with Gasteiger partial charge in [0.2, 0.25) is 0 Å². The molecule has 1 saturated carbocycles. The minimum Gasteiger partial charge on any atom is -0.310 e. The van der Waals surface area contributed by atoms with E-state index in [1.807, 2.05) is 11.4 Å². The van der Waals surface area contributed by atoms with E-state index in [0.29, 0.717) is 29.3 Å². The first-order valence-electron chi connectivity index (χ1n) is 7.90. The van der Waals surface area contributed by atoms with Gasteiger partial charge in [0.15, 0.2) is 0 Å². The Bertz CT molecular complexity index is 570. The molecule has 0 aromatic carbocycles. The van der Waals surface area contributed by atoms with Crippen LogP contribution in [0.2, 0.25) is 0 Å². The third-order valence-electron chi connectivity index (χ3n) is 4.55. The second-order valence-electron chi connectivity index (χ2n) is 6.18. The Balaban J connectivity index is 1.63. The molecule has 1 aromatic rings. The van der Waals surface area contributed by atoms with Crippen LogP contribution in [0, 0.1) is 5.92 Å². The molecule has 21 heavy (non-hydrogen) atoms. The summed E-state index contributed by atoms with van der Waals surface area (Å²) >= 11 is 1.36. The molecule has 2 aliphatic rings. The largest absolute Gasteiger partial charge is 0.310 e. The molecule has 3 rings (SSSR count). The standard InChI is InChI=1S/C15H24N2O2S2/c1-2-12-5-7-17(8-6-12)21(18,19)15-9-13(11-20-15)10-16-14-3-4-14/h9,11-12,14,16H,2-8,10H2,1H3. The van der Waals surface area contributed by atoms with Crippen LogP contribution in [0.15, 0.2) is 15.7 Å². The lowest BCUT2D eigenvalue weighted by Crippen LogP contribution is -2.38. The zero-order valence-corrected chi connectivity index (χ0v) is 14.2. The van der Waals surface area contributed by atoms with Crippen LogP contribution in [0.1, 0.15) is 44.6 Å². The molecule has 1 saturated heterocycles. The third kappa shape index (κ3) is 3.67. The third-order valence-corrected chi connectivity index (χ3v) is 7.91. The molecule has 0 spiro atoms. The highest BCUT2D eigenvalue weighted by Gasteiger charge is 2.30. The summed E-state index contributed by atoms with van der Waals surface area (Å²) in [4.78, 5) is 0. The summed E-state index contributed by atoms with van der Waals surface area (Å²) in [7, 11) is -3.27. The molecule has 0 amide bonds. The van der Waals surface area contributed by atoms with Crippen LogP contribution >= 0.6 is 11.3 Å². The lowest BCUT2D eigenvalue weighted by Gasteiger charge is -2.30. The summed E-state index contributed by atoms with van der Waals surface area (Å²) in [6.45, 7) is 4.32. The second kappa shape index (κ2) is 6.36. The Kier molecular flexibility index (Phi) is 4.69. The maximum absolute atomic E-state index is 12.7. The van der Waals surface area contributed by atoms with Crippen molar-refractivity contribution in [1.82, 2.24) is 9.62 Å². The van der Waals surface area contributed by atoms with Gasteiger partial charge in [0.25, 0.3) is 10.0 Å². The van der Waals surface area contributed by atoms with Gasteiger partial charge in [-0.3, -0.25) is 0 Å². The van der Waals surface area contributed by atoms with Crippen molar-refractivity contribution in [3.63, 3.8) is 0 Å². The summed E-state index contributed by atoms with van der Waals surface area (Å²) in [5.41, 5.74) is 1.09. The smallest absolute Gasteiger partial charge is 0.252 e. The van der Waals surface area contributed by atoms with E-state index >= 15 is 0 Å². The molecule has 4 nitrogen and oxygen atoms in total. The summed E-state index contributed by atoms with van der Waals surface area (Å²) in [5.74, 6) is 0.693. The van der Waals surface area contributed by atoms with Crippen LogP contribution in [-0.4, -0.2) is 31.9 Å². The molecule has 1 aromatic heterocycles. The van der Waals surface area contributed by atoms with E-state index in [1.54, 1.807) is 4.31 Å². The van der Waals surface area contributed by atoms with Gasteiger partial charge in [0, 0.05) is 25.7 Å². The first-order valence-corrected chi connectivity index (χ1v) is 10.2. The van der Waals surface area contributed by atoms with Crippen LogP contribution in [0.5, 0.6) is 0 Å². The Morgan fingerprint density at radius 2 is 2.00 bits per heavy atom. The van der Waals surface area contributed by atoms with Gasteiger partial charge in [-0.2, -0.15) is 4.31 Å². The summed E-state index contributed by atoms with van der Waals surface area (Å²) < 4.78 is 27.5. The highest BCUT2D eigenvalue weighted by atomic mass is 32.2. The van der Waals surface area contributed by atoms with Crippen molar-refractivity contribution in [2.45, 2.75) is 55.8 Å². The molecule has 6 heteroatoms. The maximum atomic E-state index is 12.7. The highest BCUT2D eigenvalue weighted by Crippen LogP contribution is 2.29. The molecule has 1 N–H and O–H groups in total. The maximum Gasteiger partial charge on any atom is 0.252 e. The number of rotatable bonds is 6. The number of thiophene rings is 1. The Morgan fingerprint density at radius 1 is 1.29 bits per heavy atom. The molecular weight excluding hydrogens is 304 g/mol. The van der Waals surface area contributed by atoms with Gasteiger partial charge in [0.1, 0.15) is 4.21 Å². The quantitative estimate of drug-likeness (QED) is 0.873. The monoisotopic (exact) mass is 328 g/mol. The van der Waals surface area contributed by atoms with Gasteiger partial charge in [-0.05, 0) is 48.6 Å². The molecule has 0 bridgehead atoms. The molecule has 118 valence electrons. The number of hydrogen-bond acceptors (Lipinski definition) is 4. The van der Waals surface area contributed by atoms with E-state index in [-0.39, 0.29) is 0 Å². The SMILES string of the molecule is CCC1CCN(S(=O)(=O)c2cc(CNC3CC3)cs2)CC1. The van der Waals surface area contributed by atoms with Gasteiger partial charge in [-0.25, -0.2) is 8.42 Å². The normalized spacial score (nSPS) is 21.8. The predicted octanol–water partition coefficient (Wildman–Crippen LogP) is 2.81. The number of nitrogens with zero attached hydrogens (tertiary/aromatic N) is 1. The zero-order chi connectivity index (χ0) is 14.9. The van der Waals surface area contributed by atoms with E-state index in [9.17, 15) is 8.42 Å². The van der Waals surface area contributed by atoms with Crippen molar-refractivity contribution >= 4 is 21.4 Å². The van der Waals surface area contributed by atoms with Crippen LogP contribution < -0.4 is 5.32 Å². The lowest BCUT2D eigenvalue weighted by molar-refractivity contribution is 0.269. The minimum atomic E-state index is -3.27. The van der Waals surface area contributed by atoms with Gasteiger partial charge < -0.3 is 5.32 Å². The van der Waals surface area contributed by atoms with Crippen molar-refractivity contribution in [3.05, 3.63) is 17.0 Å². The summed E-state index contributed by atoms with van der Waals surface area (Å²) in [5, 5.41) is 5.40. The van der Waals surface area contributed by atoms with Crippen molar-refractivity contribution in [1.29, 1.82) is 0 Å². The average Bonchev–Trinajstić information content (AvgIpc) is 3.21. The lowest BCUT2D eigenvalue weighted by atomic mass is 9.96. The minimum absolute atomic E-state index is 0.505. The molecule has 0 unspecified atom stereocenters. The first-order chi connectivity index (χ1) is 10.1. The van der Waals surface area contributed by atoms with Crippen molar-refractivity contribution in [3.8, 4) is 0 Å². The highest BCUT2D eigenvalue weighted by molar-refractivity contribution is 7.91. The van der Waals surface area contributed by atoms with Crippen LogP contribution in [0.25, 0.3) is 0 Å². The number of piperidine rings is 1. The van der Waals surface area contributed by atoms with Crippen LogP contribution in [0.4, 0.5) is 0 Å². The number of nitrogens with one attached hydrogen (secondary N) is 1. The second-order valence-corrected chi connectivity index (χ2v) is 9.26. The van der Waals surface area contributed by atoms with Gasteiger partial charge in [-0.1, -0.05) is 13.3 Å². The van der Waals surface area contributed by atoms with Crippen molar-refractivity contribution in [2.24, 2.45) is 5.92 Å². The molecule has 0 radical (unpaired) electrons. The number of hydrogen-bond donors (Lipinski definition) is 1. The fourth-order valence-corrected chi connectivity index (χ4v) is 5.65. The zero-order valence-electron chi connectivity index (χ0n) is 12.5. The molecule has 2 fully saturated rings. The van der Waals surface area contributed by atoms with E-state index in [2.05, 4.69) is 12.2 Å². The van der Waals surface area contributed by atoms with E-state index in [0.717, 1.165) is 31.4 Å². The molecule has 0 atom stereocenters. The Hall–Kier alpha value is -0.430. The van der Waals surface area contributed by atoms with E-state index in [1.165, 1.54) is 24.2 Å². The van der Waals surface area contributed by atoms with Crippen molar-refractivity contribution in [2.75, 3.05) is 13.1 Å². The Labute approximate surface area is 131 Å². The number of sulfonamides is 1. The summed E-state index contributed by atoms with van der Waals surface area (Å²) in [6.07, 6.45) is 5.65. The molecule has 2 heterocycles. The molecule has 1 aliphatic carbocycles. The fourth-order valence-electron chi connectivity index (χ4n) is 2.82. The Morgan fingerprint density at radius 3 is 2.62 bits per heavy atom. The topological polar surface area (TPSA) is 49.4 Å². The van der Waals surface area contributed by atoms with Gasteiger partial charge in [0.05, 0.1) is 0 Å².